The first-order valence-corrected chi connectivity index (χ1v) is 7.56. The van der Waals surface area contributed by atoms with Crippen LogP contribution < -0.4 is 0 Å². The SMILES string of the molecule is Cn1c(Br)nc2c1CN(C(=O)Cc1ccc(F)cc1)CC2. The molecule has 0 saturated heterocycles. The molecule has 1 aliphatic rings. The Labute approximate surface area is 130 Å². The van der Waals surface area contributed by atoms with Crippen molar-refractivity contribution in [2.75, 3.05) is 6.54 Å². The van der Waals surface area contributed by atoms with E-state index in [2.05, 4.69) is 20.9 Å². The second-order valence-electron chi connectivity index (χ2n) is 5.20. The van der Waals surface area contributed by atoms with Crippen LogP contribution in [0.4, 0.5) is 4.39 Å². The summed E-state index contributed by atoms with van der Waals surface area (Å²) in [4.78, 5) is 18.6. The van der Waals surface area contributed by atoms with Crippen molar-refractivity contribution < 1.29 is 9.18 Å². The summed E-state index contributed by atoms with van der Waals surface area (Å²) in [6, 6.07) is 6.08. The lowest BCUT2D eigenvalue weighted by Gasteiger charge is -2.27. The molecule has 0 fully saturated rings. The lowest BCUT2D eigenvalue weighted by molar-refractivity contribution is -0.131. The molecule has 21 heavy (non-hydrogen) atoms. The summed E-state index contributed by atoms with van der Waals surface area (Å²) in [6.45, 7) is 1.25. The molecular formula is C15H15BrFN3O. The third kappa shape index (κ3) is 2.85. The summed E-state index contributed by atoms with van der Waals surface area (Å²) in [6.07, 6.45) is 1.07. The second-order valence-corrected chi connectivity index (χ2v) is 5.91. The Kier molecular flexibility index (Phi) is 3.80. The van der Waals surface area contributed by atoms with Crippen LogP contribution in [0, 0.1) is 5.82 Å². The molecule has 0 saturated carbocycles. The number of nitrogens with zero attached hydrogens (tertiary/aromatic N) is 3. The lowest BCUT2D eigenvalue weighted by atomic mass is 10.1. The third-order valence-corrected chi connectivity index (χ3v) is 4.53. The first-order valence-electron chi connectivity index (χ1n) is 6.77. The molecular weight excluding hydrogens is 337 g/mol. The van der Waals surface area contributed by atoms with E-state index < -0.39 is 0 Å². The van der Waals surface area contributed by atoms with Gasteiger partial charge in [0.05, 0.1) is 24.4 Å². The van der Waals surface area contributed by atoms with Gasteiger partial charge in [-0.05, 0) is 33.6 Å². The zero-order valence-electron chi connectivity index (χ0n) is 11.6. The van der Waals surface area contributed by atoms with Gasteiger partial charge in [0.2, 0.25) is 5.91 Å². The Morgan fingerprint density at radius 1 is 1.38 bits per heavy atom. The van der Waals surface area contributed by atoms with E-state index in [1.54, 1.807) is 12.1 Å². The maximum Gasteiger partial charge on any atom is 0.227 e. The Balaban J connectivity index is 1.72. The van der Waals surface area contributed by atoms with Crippen molar-refractivity contribution >= 4 is 21.8 Å². The Hall–Kier alpha value is -1.69. The number of fused-ring (bicyclic) bond motifs is 1. The molecule has 0 unspecified atom stereocenters. The fraction of sp³-hybridized carbons (Fsp3) is 0.333. The minimum Gasteiger partial charge on any atom is -0.336 e. The van der Waals surface area contributed by atoms with Gasteiger partial charge in [-0.2, -0.15) is 0 Å². The molecule has 0 spiro atoms. The van der Waals surface area contributed by atoms with Crippen LogP contribution in [0.25, 0.3) is 0 Å². The first-order chi connectivity index (χ1) is 10.0. The maximum atomic E-state index is 12.9. The molecule has 0 atom stereocenters. The van der Waals surface area contributed by atoms with Gasteiger partial charge < -0.3 is 9.47 Å². The van der Waals surface area contributed by atoms with E-state index in [0.717, 1.165) is 28.1 Å². The van der Waals surface area contributed by atoms with E-state index in [0.29, 0.717) is 19.5 Å². The molecule has 4 nitrogen and oxygen atoms in total. The van der Waals surface area contributed by atoms with Crippen LogP contribution in [-0.2, 0) is 31.2 Å². The standard InChI is InChI=1S/C15H15BrFN3O/c1-19-13-9-20(7-6-12(13)18-15(19)16)14(21)8-10-2-4-11(17)5-3-10/h2-5H,6-9H2,1H3. The molecule has 6 heteroatoms. The quantitative estimate of drug-likeness (QED) is 0.833. The zero-order valence-corrected chi connectivity index (χ0v) is 13.2. The average molecular weight is 352 g/mol. The number of aromatic nitrogens is 2. The highest BCUT2D eigenvalue weighted by Crippen LogP contribution is 2.22. The minimum absolute atomic E-state index is 0.0598. The summed E-state index contributed by atoms with van der Waals surface area (Å²) >= 11 is 3.41. The molecule has 0 aliphatic carbocycles. The number of halogens is 2. The highest BCUT2D eigenvalue weighted by Gasteiger charge is 2.25. The number of hydrogen-bond donors (Lipinski definition) is 0. The van der Waals surface area contributed by atoms with Gasteiger partial charge in [0.15, 0.2) is 4.73 Å². The normalized spacial score (nSPS) is 14.1. The molecule has 0 bridgehead atoms. The van der Waals surface area contributed by atoms with Gasteiger partial charge in [0.1, 0.15) is 5.82 Å². The summed E-state index contributed by atoms with van der Waals surface area (Å²) in [7, 11) is 1.93. The van der Waals surface area contributed by atoms with Crippen LogP contribution >= 0.6 is 15.9 Å². The predicted molar refractivity (Wildman–Crippen MR) is 80.1 cm³/mol. The second kappa shape index (κ2) is 5.60. The van der Waals surface area contributed by atoms with Crippen LogP contribution in [0.15, 0.2) is 29.0 Å². The monoisotopic (exact) mass is 351 g/mol. The van der Waals surface area contributed by atoms with Gasteiger partial charge in [-0.25, -0.2) is 9.37 Å². The number of imidazole rings is 1. The maximum absolute atomic E-state index is 12.9. The van der Waals surface area contributed by atoms with E-state index in [4.69, 9.17) is 0 Å². The number of carbonyl (C=O) groups is 1. The number of benzene rings is 1. The van der Waals surface area contributed by atoms with Gasteiger partial charge in [-0.15, -0.1) is 0 Å². The van der Waals surface area contributed by atoms with Crippen molar-refractivity contribution in [2.24, 2.45) is 7.05 Å². The fourth-order valence-electron chi connectivity index (χ4n) is 2.56. The van der Waals surface area contributed by atoms with Gasteiger partial charge in [0.25, 0.3) is 0 Å². The predicted octanol–water partition coefficient (Wildman–Crippen LogP) is 2.45. The van der Waals surface area contributed by atoms with E-state index in [1.165, 1.54) is 12.1 Å². The smallest absolute Gasteiger partial charge is 0.227 e. The van der Waals surface area contributed by atoms with E-state index in [-0.39, 0.29) is 11.7 Å². The Bertz CT molecular complexity index is 681. The van der Waals surface area contributed by atoms with Crippen molar-refractivity contribution in [1.82, 2.24) is 14.5 Å². The Morgan fingerprint density at radius 2 is 2.10 bits per heavy atom. The van der Waals surface area contributed by atoms with Crippen molar-refractivity contribution in [3.8, 4) is 0 Å². The van der Waals surface area contributed by atoms with Crippen LogP contribution in [-0.4, -0.2) is 26.9 Å². The summed E-state index contributed by atoms with van der Waals surface area (Å²) in [5, 5.41) is 0. The third-order valence-electron chi connectivity index (χ3n) is 3.82. The van der Waals surface area contributed by atoms with Gasteiger partial charge in [-0.3, -0.25) is 4.79 Å². The largest absolute Gasteiger partial charge is 0.336 e. The fourth-order valence-corrected chi connectivity index (χ4v) is 2.98. The van der Waals surface area contributed by atoms with Crippen LogP contribution in [0.5, 0.6) is 0 Å². The van der Waals surface area contributed by atoms with E-state index in [1.807, 2.05) is 16.5 Å². The number of carbonyl (C=O) groups excluding carboxylic acids is 1. The number of amides is 1. The van der Waals surface area contributed by atoms with Gasteiger partial charge >= 0.3 is 0 Å². The molecule has 3 rings (SSSR count). The Morgan fingerprint density at radius 3 is 2.81 bits per heavy atom. The lowest BCUT2D eigenvalue weighted by Crippen LogP contribution is -2.37. The number of rotatable bonds is 2. The molecule has 1 aliphatic heterocycles. The molecule has 0 N–H and O–H groups in total. The topological polar surface area (TPSA) is 38.1 Å². The van der Waals surface area contributed by atoms with Crippen molar-refractivity contribution in [3.05, 3.63) is 51.8 Å². The van der Waals surface area contributed by atoms with Gasteiger partial charge in [-0.1, -0.05) is 12.1 Å². The van der Waals surface area contributed by atoms with Gasteiger partial charge in [0, 0.05) is 20.0 Å². The van der Waals surface area contributed by atoms with Crippen molar-refractivity contribution in [3.63, 3.8) is 0 Å². The molecule has 1 aromatic carbocycles. The van der Waals surface area contributed by atoms with E-state index in [9.17, 15) is 9.18 Å². The van der Waals surface area contributed by atoms with Crippen LogP contribution in [0.3, 0.4) is 0 Å². The number of hydrogen-bond acceptors (Lipinski definition) is 2. The average Bonchev–Trinajstić information content (AvgIpc) is 2.76. The molecule has 2 heterocycles. The minimum atomic E-state index is -0.284. The molecule has 110 valence electrons. The zero-order chi connectivity index (χ0) is 15.0. The molecule has 2 aromatic rings. The highest BCUT2D eigenvalue weighted by molar-refractivity contribution is 9.10. The summed E-state index contributed by atoms with van der Waals surface area (Å²) in [5.41, 5.74) is 2.95. The van der Waals surface area contributed by atoms with Crippen molar-refractivity contribution in [2.45, 2.75) is 19.4 Å². The van der Waals surface area contributed by atoms with Crippen LogP contribution in [0.2, 0.25) is 0 Å². The molecule has 1 aromatic heterocycles. The van der Waals surface area contributed by atoms with E-state index >= 15 is 0 Å². The van der Waals surface area contributed by atoms with Crippen LogP contribution in [0.1, 0.15) is 17.0 Å². The summed E-state index contributed by atoms with van der Waals surface area (Å²) in [5.74, 6) is -0.224. The molecule has 0 radical (unpaired) electrons. The highest BCUT2D eigenvalue weighted by atomic mass is 79.9. The summed E-state index contributed by atoms with van der Waals surface area (Å²) < 4.78 is 15.6. The first kappa shape index (κ1) is 14.3. The molecule has 1 amide bonds. The van der Waals surface area contributed by atoms with Crippen molar-refractivity contribution in [1.29, 1.82) is 0 Å².